The standard InChI is InChI=1S/C26H28N4O3/c1-5-29-25-24(18(3)28-30(25)20-9-7-6-8-10-20)17(2)22(26(29)32)15-16-23(31)27-19-11-13-21(33-4)14-12-19/h6-14H,5,15-16H2,1-4H3,(H,27,31). The summed E-state index contributed by atoms with van der Waals surface area (Å²) >= 11 is 0. The van der Waals surface area contributed by atoms with Crippen molar-refractivity contribution in [2.75, 3.05) is 12.4 Å². The van der Waals surface area contributed by atoms with Gasteiger partial charge in [0.1, 0.15) is 11.4 Å². The Bertz CT molecular complexity index is 1350. The number of carbonyl (C=O) groups is 1. The second kappa shape index (κ2) is 9.32. The Balaban J connectivity index is 1.66. The largest absolute Gasteiger partial charge is 0.497 e. The van der Waals surface area contributed by atoms with Gasteiger partial charge in [0.05, 0.1) is 18.5 Å². The lowest BCUT2D eigenvalue weighted by molar-refractivity contribution is -0.116. The van der Waals surface area contributed by atoms with Crippen molar-refractivity contribution >= 4 is 22.6 Å². The predicted octanol–water partition coefficient (Wildman–Crippen LogP) is 4.40. The minimum absolute atomic E-state index is 0.0724. The van der Waals surface area contributed by atoms with E-state index in [1.807, 2.05) is 55.8 Å². The molecule has 2 heterocycles. The molecular formula is C26H28N4O3. The molecule has 0 aliphatic rings. The van der Waals surface area contributed by atoms with Gasteiger partial charge in [0.15, 0.2) is 0 Å². The van der Waals surface area contributed by atoms with Crippen LogP contribution in [-0.2, 0) is 17.8 Å². The smallest absolute Gasteiger partial charge is 0.255 e. The zero-order valence-corrected chi connectivity index (χ0v) is 19.4. The highest BCUT2D eigenvalue weighted by molar-refractivity contribution is 5.91. The van der Waals surface area contributed by atoms with E-state index < -0.39 is 0 Å². The molecule has 0 aliphatic carbocycles. The Labute approximate surface area is 192 Å². The van der Waals surface area contributed by atoms with Crippen molar-refractivity contribution in [2.24, 2.45) is 0 Å². The Morgan fingerprint density at radius 3 is 2.39 bits per heavy atom. The zero-order chi connectivity index (χ0) is 23.5. The fraction of sp³-hybridized carbons (Fsp3) is 0.269. The molecule has 0 saturated carbocycles. The summed E-state index contributed by atoms with van der Waals surface area (Å²) in [6.07, 6.45) is 0.571. The summed E-state index contributed by atoms with van der Waals surface area (Å²) in [5.74, 6) is 0.585. The number of ether oxygens (including phenoxy) is 1. The topological polar surface area (TPSA) is 78.2 Å². The molecule has 0 saturated heterocycles. The number of para-hydroxylation sites is 1. The van der Waals surface area contributed by atoms with E-state index in [2.05, 4.69) is 5.32 Å². The summed E-state index contributed by atoms with van der Waals surface area (Å²) in [7, 11) is 1.60. The van der Waals surface area contributed by atoms with Gasteiger partial charge in [-0.1, -0.05) is 18.2 Å². The molecule has 0 spiro atoms. The molecule has 0 unspecified atom stereocenters. The van der Waals surface area contributed by atoms with Gasteiger partial charge in [-0.05, 0) is 69.2 Å². The lowest BCUT2D eigenvalue weighted by Gasteiger charge is -2.14. The van der Waals surface area contributed by atoms with Gasteiger partial charge in [0.2, 0.25) is 5.91 Å². The number of hydrogen-bond acceptors (Lipinski definition) is 4. The fourth-order valence-electron chi connectivity index (χ4n) is 4.25. The predicted molar refractivity (Wildman–Crippen MR) is 130 cm³/mol. The molecule has 0 bridgehead atoms. The maximum Gasteiger partial charge on any atom is 0.255 e. The van der Waals surface area contributed by atoms with Crippen molar-refractivity contribution in [1.29, 1.82) is 0 Å². The van der Waals surface area contributed by atoms with Gasteiger partial charge in [-0.2, -0.15) is 5.10 Å². The first-order valence-electron chi connectivity index (χ1n) is 11.1. The first kappa shape index (κ1) is 22.3. The van der Waals surface area contributed by atoms with Crippen LogP contribution in [0.1, 0.15) is 30.2 Å². The normalized spacial score (nSPS) is 11.0. The van der Waals surface area contributed by atoms with Crippen LogP contribution in [0, 0.1) is 13.8 Å². The average Bonchev–Trinajstić information content (AvgIpc) is 3.17. The van der Waals surface area contributed by atoms with Gasteiger partial charge in [-0.15, -0.1) is 0 Å². The van der Waals surface area contributed by atoms with Gasteiger partial charge in [-0.25, -0.2) is 4.68 Å². The summed E-state index contributed by atoms with van der Waals surface area (Å²) in [5.41, 5.74) is 4.72. The molecule has 0 aliphatic heterocycles. The molecule has 7 heteroatoms. The molecule has 2 aromatic carbocycles. The van der Waals surface area contributed by atoms with Gasteiger partial charge in [-0.3, -0.25) is 14.2 Å². The highest BCUT2D eigenvalue weighted by Crippen LogP contribution is 2.26. The molecule has 1 N–H and O–H groups in total. The minimum Gasteiger partial charge on any atom is -0.497 e. The van der Waals surface area contributed by atoms with E-state index in [4.69, 9.17) is 9.84 Å². The van der Waals surface area contributed by atoms with Gasteiger partial charge < -0.3 is 10.1 Å². The van der Waals surface area contributed by atoms with Gasteiger partial charge >= 0.3 is 0 Å². The van der Waals surface area contributed by atoms with E-state index >= 15 is 0 Å². The highest BCUT2D eigenvalue weighted by Gasteiger charge is 2.21. The van der Waals surface area contributed by atoms with Crippen LogP contribution in [-0.4, -0.2) is 27.4 Å². The first-order valence-corrected chi connectivity index (χ1v) is 11.1. The van der Waals surface area contributed by atoms with Crippen molar-refractivity contribution < 1.29 is 9.53 Å². The Kier molecular flexibility index (Phi) is 6.31. The van der Waals surface area contributed by atoms with Crippen LogP contribution < -0.4 is 15.6 Å². The van der Waals surface area contributed by atoms with Crippen LogP contribution in [0.4, 0.5) is 5.69 Å². The molecule has 33 heavy (non-hydrogen) atoms. The van der Waals surface area contributed by atoms with Crippen LogP contribution >= 0.6 is 0 Å². The lowest BCUT2D eigenvalue weighted by atomic mass is 10.0. The van der Waals surface area contributed by atoms with Crippen LogP contribution in [0.2, 0.25) is 0 Å². The Morgan fingerprint density at radius 1 is 1.06 bits per heavy atom. The van der Waals surface area contributed by atoms with E-state index in [0.29, 0.717) is 24.2 Å². The number of carbonyl (C=O) groups excluding carboxylic acids is 1. The molecule has 2 aromatic heterocycles. The lowest BCUT2D eigenvalue weighted by Crippen LogP contribution is -2.27. The summed E-state index contributed by atoms with van der Waals surface area (Å²) in [5, 5.41) is 8.59. The second-order valence-electron chi connectivity index (χ2n) is 7.96. The number of benzene rings is 2. The van der Waals surface area contributed by atoms with E-state index in [-0.39, 0.29) is 17.9 Å². The van der Waals surface area contributed by atoms with Crippen LogP contribution in [0.25, 0.3) is 16.7 Å². The summed E-state index contributed by atoms with van der Waals surface area (Å²) in [4.78, 5) is 26.0. The number of nitrogens with one attached hydrogen (secondary N) is 1. The number of anilines is 1. The number of pyridine rings is 1. The van der Waals surface area contributed by atoms with Crippen LogP contribution in [0.15, 0.2) is 59.4 Å². The summed E-state index contributed by atoms with van der Waals surface area (Å²) < 4.78 is 8.74. The van der Waals surface area contributed by atoms with Crippen LogP contribution in [0.5, 0.6) is 5.75 Å². The van der Waals surface area contributed by atoms with Gasteiger partial charge in [0.25, 0.3) is 5.56 Å². The van der Waals surface area contributed by atoms with Crippen molar-refractivity contribution in [2.45, 2.75) is 40.2 Å². The quantitative estimate of drug-likeness (QED) is 0.458. The maximum absolute atomic E-state index is 13.4. The first-order chi connectivity index (χ1) is 15.9. The van der Waals surface area contributed by atoms with Gasteiger partial charge in [0, 0.05) is 29.6 Å². The van der Waals surface area contributed by atoms with E-state index in [9.17, 15) is 9.59 Å². The molecule has 0 atom stereocenters. The third-order valence-corrected chi connectivity index (χ3v) is 5.92. The third kappa shape index (κ3) is 4.26. The monoisotopic (exact) mass is 444 g/mol. The molecular weight excluding hydrogens is 416 g/mol. The molecule has 4 aromatic rings. The van der Waals surface area contributed by atoms with Crippen LogP contribution in [0.3, 0.4) is 0 Å². The molecule has 4 rings (SSSR count). The number of amides is 1. The molecule has 0 fully saturated rings. The molecule has 1 amide bonds. The Morgan fingerprint density at radius 2 is 1.76 bits per heavy atom. The van der Waals surface area contributed by atoms with E-state index in [0.717, 1.165) is 33.7 Å². The summed E-state index contributed by atoms with van der Waals surface area (Å²) in [6, 6.07) is 17.0. The molecule has 0 radical (unpaired) electrons. The number of hydrogen-bond donors (Lipinski definition) is 1. The number of aryl methyl sites for hydroxylation is 3. The number of fused-ring (bicyclic) bond motifs is 1. The van der Waals surface area contributed by atoms with Crippen molar-refractivity contribution in [3.05, 3.63) is 81.8 Å². The SMILES string of the molecule is CCn1c(=O)c(CCC(=O)Nc2ccc(OC)cc2)c(C)c2c(C)nn(-c3ccccc3)c21. The zero-order valence-electron chi connectivity index (χ0n) is 19.4. The number of methoxy groups -OCH3 is 1. The molecule has 7 nitrogen and oxygen atoms in total. The maximum atomic E-state index is 13.4. The second-order valence-corrected chi connectivity index (χ2v) is 7.96. The summed E-state index contributed by atoms with van der Waals surface area (Å²) in [6.45, 7) is 6.37. The average molecular weight is 445 g/mol. The van der Waals surface area contributed by atoms with E-state index in [1.165, 1.54) is 0 Å². The molecule has 170 valence electrons. The third-order valence-electron chi connectivity index (χ3n) is 5.92. The minimum atomic E-state index is -0.140. The fourth-order valence-corrected chi connectivity index (χ4v) is 4.25. The van der Waals surface area contributed by atoms with E-state index in [1.54, 1.807) is 35.9 Å². The number of aromatic nitrogens is 3. The highest BCUT2D eigenvalue weighted by atomic mass is 16.5. The number of rotatable bonds is 7. The van der Waals surface area contributed by atoms with Crippen molar-refractivity contribution in [1.82, 2.24) is 14.3 Å². The van der Waals surface area contributed by atoms with Crippen molar-refractivity contribution in [3.8, 4) is 11.4 Å². The number of nitrogens with zero attached hydrogens (tertiary/aromatic N) is 3. The van der Waals surface area contributed by atoms with Crippen molar-refractivity contribution in [3.63, 3.8) is 0 Å². The Hall–Kier alpha value is -3.87.